The van der Waals surface area contributed by atoms with E-state index in [1.807, 2.05) is 24.3 Å². The zero-order valence-corrected chi connectivity index (χ0v) is 16.9. The van der Waals surface area contributed by atoms with Crippen molar-refractivity contribution in [3.05, 3.63) is 40.3 Å². The fraction of sp³-hybridized carbons (Fsp3) is 0.450. The summed E-state index contributed by atoms with van der Waals surface area (Å²) in [5.41, 5.74) is 0.383. The second-order valence-corrected chi connectivity index (χ2v) is 7.35. The highest BCUT2D eigenvalue weighted by Gasteiger charge is 2.30. The Bertz CT molecular complexity index is 822. The number of carbonyl (C=O) groups excluding carboxylic acids is 2. The molecule has 1 fully saturated rings. The van der Waals surface area contributed by atoms with Crippen molar-refractivity contribution in [3.8, 4) is 11.5 Å². The summed E-state index contributed by atoms with van der Waals surface area (Å²) in [4.78, 5) is 30.8. The Kier molecular flexibility index (Phi) is 6.86. The fourth-order valence-electron chi connectivity index (χ4n) is 3.13. The molecule has 0 saturated carbocycles. The lowest BCUT2D eigenvalue weighted by atomic mass is 9.98. The van der Waals surface area contributed by atoms with Gasteiger partial charge in [0, 0.05) is 18.5 Å². The molecule has 1 atom stereocenters. The van der Waals surface area contributed by atoms with Crippen LogP contribution in [0.4, 0.5) is 0 Å². The first-order chi connectivity index (χ1) is 13.6. The van der Waals surface area contributed by atoms with Crippen molar-refractivity contribution in [3.63, 3.8) is 0 Å². The van der Waals surface area contributed by atoms with Gasteiger partial charge >= 0.3 is 5.97 Å². The number of ether oxygens (including phenoxy) is 3. The van der Waals surface area contributed by atoms with Crippen LogP contribution < -0.4 is 9.47 Å². The van der Waals surface area contributed by atoms with Gasteiger partial charge in [-0.25, -0.2) is 4.98 Å². The Morgan fingerprint density at radius 1 is 1.29 bits per heavy atom. The van der Waals surface area contributed by atoms with Crippen LogP contribution in [0, 0.1) is 5.92 Å². The number of likely N-dealkylation sites (tertiary alicyclic amines) is 1. The molecule has 0 N–H and O–H groups in total. The molecule has 0 aliphatic carbocycles. The Labute approximate surface area is 168 Å². The number of rotatable bonds is 7. The summed E-state index contributed by atoms with van der Waals surface area (Å²) in [6.45, 7) is 3.39. The first-order valence-corrected chi connectivity index (χ1v) is 10.2. The number of piperidine rings is 1. The summed E-state index contributed by atoms with van der Waals surface area (Å²) >= 11 is 1.37. The summed E-state index contributed by atoms with van der Waals surface area (Å²) in [7, 11) is 1.59. The van der Waals surface area contributed by atoms with Crippen molar-refractivity contribution in [2.24, 2.45) is 5.92 Å². The predicted molar refractivity (Wildman–Crippen MR) is 105 cm³/mol. The van der Waals surface area contributed by atoms with Crippen LogP contribution in [0.3, 0.4) is 0 Å². The molecule has 0 unspecified atom stereocenters. The number of para-hydroxylation sites is 2. The van der Waals surface area contributed by atoms with E-state index in [9.17, 15) is 9.59 Å². The Balaban J connectivity index is 1.60. The number of esters is 1. The van der Waals surface area contributed by atoms with Crippen molar-refractivity contribution in [2.75, 3.05) is 26.8 Å². The molecule has 150 valence electrons. The van der Waals surface area contributed by atoms with Gasteiger partial charge in [-0.15, -0.1) is 11.3 Å². The minimum absolute atomic E-state index is 0.159. The van der Waals surface area contributed by atoms with Gasteiger partial charge in [0.2, 0.25) is 0 Å². The number of thiazole rings is 1. The molecule has 0 bridgehead atoms. The lowest BCUT2D eigenvalue weighted by molar-refractivity contribution is -0.149. The summed E-state index contributed by atoms with van der Waals surface area (Å²) in [5.74, 6) is 0.623. The van der Waals surface area contributed by atoms with Gasteiger partial charge < -0.3 is 19.1 Å². The number of benzene rings is 1. The molecule has 1 aliphatic heterocycles. The van der Waals surface area contributed by atoms with Gasteiger partial charge in [-0.05, 0) is 31.9 Å². The van der Waals surface area contributed by atoms with E-state index in [4.69, 9.17) is 14.2 Å². The van der Waals surface area contributed by atoms with Crippen LogP contribution >= 0.6 is 11.3 Å². The lowest BCUT2D eigenvalue weighted by Crippen LogP contribution is -2.43. The molecule has 8 heteroatoms. The first-order valence-electron chi connectivity index (χ1n) is 9.28. The second kappa shape index (κ2) is 9.54. The van der Waals surface area contributed by atoms with Crippen molar-refractivity contribution in [1.82, 2.24) is 9.88 Å². The van der Waals surface area contributed by atoms with Gasteiger partial charge in [0.25, 0.3) is 5.91 Å². The van der Waals surface area contributed by atoms with Crippen molar-refractivity contribution in [1.29, 1.82) is 0 Å². The maximum absolute atomic E-state index is 12.8. The monoisotopic (exact) mass is 404 g/mol. The van der Waals surface area contributed by atoms with Gasteiger partial charge in [0.15, 0.2) is 11.5 Å². The fourth-order valence-corrected chi connectivity index (χ4v) is 3.81. The quantitative estimate of drug-likeness (QED) is 0.660. The lowest BCUT2D eigenvalue weighted by Gasteiger charge is -2.31. The summed E-state index contributed by atoms with van der Waals surface area (Å²) in [6.07, 6.45) is 1.53. The van der Waals surface area contributed by atoms with E-state index < -0.39 is 0 Å². The van der Waals surface area contributed by atoms with Crippen LogP contribution in [-0.2, 0) is 16.1 Å². The molecule has 7 nitrogen and oxygen atoms in total. The SMILES string of the molecule is CCOC(=O)[C@H]1CCCN(C(=O)c2csc(COc3ccccc3OC)n2)C1. The van der Waals surface area contributed by atoms with E-state index in [2.05, 4.69) is 4.98 Å². The summed E-state index contributed by atoms with van der Waals surface area (Å²) < 4.78 is 16.1. The highest BCUT2D eigenvalue weighted by Crippen LogP contribution is 2.27. The average molecular weight is 404 g/mol. The van der Waals surface area contributed by atoms with Gasteiger partial charge in [-0.3, -0.25) is 9.59 Å². The maximum atomic E-state index is 12.8. The van der Waals surface area contributed by atoms with Crippen molar-refractivity contribution >= 4 is 23.2 Å². The number of carbonyl (C=O) groups is 2. The smallest absolute Gasteiger partial charge is 0.310 e. The Morgan fingerprint density at radius 3 is 2.82 bits per heavy atom. The predicted octanol–water partition coefficient (Wildman–Crippen LogP) is 3.15. The number of amides is 1. The number of nitrogens with zero attached hydrogens (tertiary/aromatic N) is 2. The second-order valence-electron chi connectivity index (χ2n) is 6.41. The summed E-state index contributed by atoms with van der Waals surface area (Å²) in [6, 6.07) is 7.38. The van der Waals surface area contributed by atoms with E-state index in [0.29, 0.717) is 41.9 Å². The Morgan fingerprint density at radius 2 is 2.07 bits per heavy atom. The molecule has 2 heterocycles. The first kappa shape index (κ1) is 20.1. The van der Waals surface area contributed by atoms with Crippen LogP contribution in [-0.4, -0.2) is 48.6 Å². The minimum atomic E-state index is -0.260. The molecular weight excluding hydrogens is 380 g/mol. The van der Waals surface area contributed by atoms with Gasteiger partial charge in [0.05, 0.1) is 19.6 Å². The van der Waals surface area contributed by atoms with E-state index in [1.54, 1.807) is 24.3 Å². The average Bonchev–Trinajstić information content (AvgIpc) is 3.21. The maximum Gasteiger partial charge on any atom is 0.310 e. The molecule has 3 rings (SSSR count). The van der Waals surface area contributed by atoms with Crippen molar-refractivity contribution in [2.45, 2.75) is 26.4 Å². The molecule has 2 aromatic rings. The van der Waals surface area contributed by atoms with Gasteiger partial charge in [-0.1, -0.05) is 12.1 Å². The zero-order valence-electron chi connectivity index (χ0n) is 16.1. The van der Waals surface area contributed by atoms with Gasteiger partial charge in [0.1, 0.15) is 17.3 Å². The van der Waals surface area contributed by atoms with Crippen LogP contribution in [0.1, 0.15) is 35.3 Å². The largest absolute Gasteiger partial charge is 0.493 e. The number of hydrogen-bond acceptors (Lipinski definition) is 7. The van der Waals surface area contributed by atoms with Crippen LogP contribution in [0.25, 0.3) is 0 Å². The molecule has 1 aromatic carbocycles. The third-order valence-corrected chi connectivity index (χ3v) is 5.34. The molecule has 1 amide bonds. The number of aromatic nitrogens is 1. The van der Waals surface area contributed by atoms with Crippen LogP contribution in [0.2, 0.25) is 0 Å². The third kappa shape index (κ3) is 4.81. The number of hydrogen-bond donors (Lipinski definition) is 0. The normalized spacial score (nSPS) is 16.5. The molecule has 0 spiro atoms. The molecule has 1 aromatic heterocycles. The minimum Gasteiger partial charge on any atom is -0.493 e. The van der Waals surface area contributed by atoms with E-state index >= 15 is 0 Å². The highest BCUT2D eigenvalue weighted by molar-refractivity contribution is 7.09. The standard InChI is InChI=1S/C20H24N2O5S/c1-3-26-20(24)14-7-6-10-22(11-14)19(23)15-13-28-18(21-15)12-27-17-9-5-4-8-16(17)25-2/h4-5,8-9,13-14H,3,6-7,10-12H2,1-2H3/t14-/m0/s1. The van der Waals surface area contributed by atoms with Gasteiger partial charge in [-0.2, -0.15) is 0 Å². The topological polar surface area (TPSA) is 78.0 Å². The highest BCUT2D eigenvalue weighted by atomic mass is 32.1. The molecule has 1 saturated heterocycles. The molecular formula is C20H24N2O5S. The van der Waals surface area contributed by atoms with Crippen LogP contribution in [0.15, 0.2) is 29.6 Å². The molecule has 28 heavy (non-hydrogen) atoms. The molecule has 0 radical (unpaired) electrons. The van der Waals surface area contributed by atoms with Crippen LogP contribution in [0.5, 0.6) is 11.5 Å². The van der Waals surface area contributed by atoms with E-state index in [0.717, 1.165) is 12.8 Å². The third-order valence-electron chi connectivity index (χ3n) is 4.52. The number of methoxy groups -OCH3 is 1. The van der Waals surface area contributed by atoms with Crippen molar-refractivity contribution < 1.29 is 23.8 Å². The Hall–Kier alpha value is -2.61. The van der Waals surface area contributed by atoms with E-state index in [-0.39, 0.29) is 24.4 Å². The summed E-state index contributed by atoms with van der Waals surface area (Å²) in [5, 5.41) is 2.44. The van der Waals surface area contributed by atoms with E-state index in [1.165, 1.54) is 11.3 Å². The molecule has 1 aliphatic rings. The zero-order chi connectivity index (χ0) is 19.9.